The van der Waals surface area contributed by atoms with E-state index in [1.54, 1.807) is 12.1 Å². The van der Waals surface area contributed by atoms with E-state index in [1.165, 1.54) is 12.7 Å². The Balaban J connectivity index is 1.44. The van der Waals surface area contributed by atoms with Crippen LogP contribution in [0.2, 0.25) is 6.32 Å². The number of Topliss-reactive ketones (excluding diaryl/α,β-unsaturated/α-hetero) is 2. The summed E-state index contributed by atoms with van der Waals surface area (Å²) in [6.07, 6.45) is 5.88. The third kappa shape index (κ3) is 5.35. The zero-order valence-electron chi connectivity index (χ0n) is 22.6. The van der Waals surface area contributed by atoms with Gasteiger partial charge in [0.25, 0.3) is 0 Å². The molecule has 39 heavy (non-hydrogen) atoms. The molecule has 1 saturated heterocycles. The number of hydrogen-bond acceptors (Lipinski definition) is 6. The number of phenols is 1. The molecule has 0 unspecified atom stereocenters. The van der Waals surface area contributed by atoms with E-state index in [0.717, 1.165) is 36.0 Å². The second-order valence-corrected chi connectivity index (χ2v) is 12.1. The second kappa shape index (κ2) is 11.6. The smallest absolute Gasteiger partial charge is 0.455 e. The van der Waals surface area contributed by atoms with Gasteiger partial charge in [-0.2, -0.15) is 0 Å². The fourth-order valence-electron chi connectivity index (χ4n) is 6.76. The normalized spacial score (nSPS) is 24.8. The summed E-state index contributed by atoms with van der Waals surface area (Å²) in [5.41, 5.74) is 5.47. The van der Waals surface area contributed by atoms with Crippen LogP contribution in [0.5, 0.6) is 11.5 Å². The van der Waals surface area contributed by atoms with E-state index in [2.05, 4.69) is 42.5 Å². The third-order valence-corrected chi connectivity index (χ3v) is 9.22. The van der Waals surface area contributed by atoms with Crippen LogP contribution in [-0.4, -0.2) is 42.0 Å². The Labute approximate surface area is 243 Å². The Kier molecular flexibility index (Phi) is 8.36. The highest BCUT2D eigenvalue weighted by Gasteiger charge is 2.53. The summed E-state index contributed by atoms with van der Waals surface area (Å²) in [7, 11) is 0.561. The summed E-state index contributed by atoms with van der Waals surface area (Å²) in [6.45, 7) is 4.19. The molecule has 2 aliphatic carbocycles. The molecule has 0 spiro atoms. The molecule has 0 bridgehead atoms. The van der Waals surface area contributed by atoms with E-state index in [-0.39, 0.29) is 35.3 Å². The van der Waals surface area contributed by atoms with Gasteiger partial charge in [0.05, 0.1) is 16.8 Å². The lowest BCUT2D eigenvalue weighted by Crippen LogP contribution is -2.50. The Morgan fingerprint density at radius 3 is 2.59 bits per heavy atom. The maximum absolute atomic E-state index is 13.8. The van der Waals surface area contributed by atoms with Crippen LogP contribution >= 0.6 is 22.6 Å². The molecular formula is C31H34BIO6. The number of carbonyl (C=O) groups excluding carboxylic acids is 2. The van der Waals surface area contributed by atoms with Crippen LogP contribution in [0, 0.1) is 21.3 Å². The maximum atomic E-state index is 13.8. The van der Waals surface area contributed by atoms with Crippen molar-refractivity contribution >= 4 is 47.4 Å². The highest BCUT2D eigenvalue weighted by Crippen LogP contribution is 2.51. The predicted molar refractivity (Wildman–Crippen MR) is 160 cm³/mol. The number of methoxy groups -OCH3 is 1. The summed E-state index contributed by atoms with van der Waals surface area (Å²) in [5.74, 6) is -0.383. The number of aromatic hydroxyl groups is 1. The number of phenolic OH excluding ortho intramolecular Hbond substituents is 1. The molecule has 4 atom stereocenters. The quantitative estimate of drug-likeness (QED) is 0.204. The molecule has 3 aliphatic rings. The van der Waals surface area contributed by atoms with E-state index < -0.39 is 13.0 Å². The van der Waals surface area contributed by atoms with Crippen LogP contribution in [0.1, 0.15) is 72.2 Å². The van der Waals surface area contributed by atoms with E-state index >= 15 is 0 Å². The zero-order chi connectivity index (χ0) is 27.8. The molecule has 6 nitrogen and oxygen atoms in total. The first kappa shape index (κ1) is 28.1. The number of allylic oxidation sites excluding steroid dienone is 2. The molecule has 204 valence electrons. The SMILES string of the molecule is CCCC1=C2[C@@H](CC/C(C)=C/c3cc(I)c(O)c(OC)c3)OB(O)C[C@@H]2[C@@H]2C(=O)c3ccccc3C(=O)[C@@H]2C1. The number of ketones is 2. The number of hydrogen-bond donors (Lipinski definition) is 2. The molecule has 2 aromatic rings. The first-order valence-corrected chi connectivity index (χ1v) is 14.8. The molecular weight excluding hydrogens is 606 g/mol. The van der Waals surface area contributed by atoms with Crippen LogP contribution in [-0.2, 0) is 4.65 Å². The van der Waals surface area contributed by atoms with E-state index in [4.69, 9.17) is 9.39 Å². The summed E-state index contributed by atoms with van der Waals surface area (Å²) in [5, 5.41) is 21.0. The van der Waals surface area contributed by atoms with Crippen molar-refractivity contribution in [1.82, 2.24) is 0 Å². The van der Waals surface area contributed by atoms with Gasteiger partial charge in [0, 0.05) is 23.0 Å². The van der Waals surface area contributed by atoms with E-state index in [9.17, 15) is 19.7 Å². The van der Waals surface area contributed by atoms with Crippen molar-refractivity contribution in [3.63, 3.8) is 0 Å². The number of carbonyl (C=O) groups is 2. The van der Waals surface area contributed by atoms with Crippen LogP contribution in [0.3, 0.4) is 0 Å². The first-order chi connectivity index (χ1) is 18.7. The molecule has 2 aromatic carbocycles. The number of ether oxygens (including phenoxy) is 1. The van der Waals surface area contributed by atoms with Crippen LogP contribution in [0.25, 0.3) is 6.08 Å². The van der Waals surface area contributed by atoms with Crippen LogP contribution in [0.15, 0.2) is 53.1 Å². The van der Waals surface area contributed by atoms with Crippen molar-refractivity contribution < 1.29 is 29.1 Å². The Morgan fingerprint density at radius 2 is 1.90 bits per heavy atom. The number of rotatable bonds is 7. The molecule has 2 N–H and O–H groups in total. The van der Waals surface area contributed by atoms with E-state index in [1.807, 2.05) is 24.3 Å². The molecule has 0 saturated carbocycles. The fourth-order valence-corrected chi connectivity index (χ4v) is 7.38. The molecule has 0 aromatic heterocycles. The lowest BCUT2D eigenvalue weighted by molar-refractivity contribution is 0.0598. The van der Waals surface area contributed by atoms with E-state index in [0.29, 0.717) is 39.6 Å². The van der Waals surface area contributed by atoms with Gasteiger partial charge in [-0.25, -0.2) is 0 Å². The third-order valence-electron chi connectivity index (χ3n) is 8.40. The van der Waals surface area contributed by atoms with Gasteiger partial charge in [0.1, 0.15) is 0 Å². The maximum Gasteiger partial charge on any atom is 0.455 e. The van der Waals surface area contributed by atoms with Crippen molar-refractivity contribution in [3.8, 4) is 11.5 Å². The van der Waals surface area contributed by atoms with Gasteiger partial charge < -0.3 is 19.5 Å². The van der Waals surface area contributed by atoms with Gasteiger partial charge in [0.2, 0.25) is 0 Å². The largest absolute Gasteiger partial charge is 0.504 e. The molecule has 5 rings (SSSR count). The highest BCUT2D eigenvalue weighted by molar-refractivity contribution is 14.1. The molecule has 0 radical (unpaired) electrons. The lowest BCUT2D eigenvalue weighted by atomic mass is 9.54. The predicted octanol–water partition coefficient (Wildman–Crippen LogP) is 6.50. The van der Waals surface area contributed by atoms with Gasteiger partial charge in [-0.05, 0) is 90.7 Å². The average Bonchev–Trinajstić information content (AvgIpc) is 2.92. The topological polar surface area (TPSA) is 93.1 Å². The van der Waals surface area contributed by atoms with Crippen molar-refractivity contribution in [2.24, 2.45) is 17.8 Å². The molecule has 1 aliphatic heterocycles. The number of halogens is 1. The Hall–Kier alpha value is -2.43. The minimum atomic E-state index is -0.974. The summed E-state index contributed by atoms with van der Waals surface area (Å²) >= 11 is 2.09. The minimum absolute atomic E-state index is 0.0213. The molecule has 8 heteroatoms. The van der Waals surface area contributed by atoms with Crippen molar-refractivity contribution in [2.75, 3.05) is 7.11 Å². The van der Waals surface area contributed by atoms with Gasteiger partial charge in [0.15, 0.2) is 23.1 Å². The highest BCUT2D eigenvalue weighted by atomic mass is 127. The summed E-state index contributed by atoms with van der Waals surface area (Å²) in [6, 6.07) is 10.9. The standard InChI is InChI=1S/C31H34BIO6/c1-4-7-19-15-22-28(30(35)21-9-6-5-8-20(21)29(22)34)23-16-32(37)39-25(27(19)23)11-10-17(2)12-18-13-24(33)31(36)26(14-18)38-3/h5-6,8-9,12-14,22-23,25,28,36-37H,4,7,10-11,15-16H2,1-3H3/b17-12+/t22-,23+,25-,28-/m1/s1. The molecule has 1 fully saturated rings. The second-order valence-electron chi connectivity index (χ2n) is 10.9. The van der Waals surface area contributed by atoms with Crippen LogP contribution in [0.4, 0.5) is 0 Å². The monoisotopic (exact) mass is 640 g/mol. The van der Waals surface area contributed by atoms with Crippen LogP contribution < -0.4 is 4.74 Å². The Bertz CT molecular complexity index is 1360. The van der Waals surface area contributed by atoms with Gasteiger partial charge in [-0.15, -0.1) is 0 Å². The van der Waals surface area contributed by atoms with Crippen molar-refractivity contribution in [3.05, 3.63) is 73.4 Å². The molecule has 1 heterocycles. The first-order valence-electron chi connectivity index (χ1n) is 13.7. The summed E-state index contributed by atoms with van der Waals surface area (Å²) < 4.78 is 12.2. The number of fused-ring (bicyclic) bond motifs is 4. The molecule has 0 amide bonds. The minimum Gasteiger partial charge on any atom is -0.504 e. The van der Waals surface area contributed by atoms with Gasteiger partial charge in [-0.3, -0.25) is 9.59 Å². The fraction of sp³-hybridized carbons (Fsp3) is 0.419. The van der Waals surface area contributed by atoms with Gasteiger partial charge >= 0.3 is 7.12 Å². The van der Waals surface area contributed by atoms with Crippen molar-refractivity contribution in [2.45, 2.75) is 58.4 Å². The zero-order valence-corrected chi connectivity index (χ0v) is 24.7. The Morgan fingerprint density at radius 1 is 1.18 bits per heavy atom. The average molecular weight is 640 g/mol. The van der Waals surface area contributed by atoms with Crippen molar-refractivity contribution in [1.29, 1.82) is 0 Å². The summed E-state index contributed by atoms with van der Waals surface area (Å²) in [4.78, 5) is 27.3. The van der Waals surface area contributed by atoms with Gasteiger partial charge in [-0.1, -0.05) is 54.8 Å². The number of benzene rings is 2. The lowest BCUT2D eigenvalue weighted by Gasteiger charge is -2.47.